The van der Waals surface area contributed by atoms with Crippen molar-refractivity contribution in [2.75, 3.05) is 32.6 Å². The summed E-state index contributed by atoms with van der Waals surface area (Å²) in [7, 11) is 3.30. The minimum Gasteiger partial charge on any atom is -0.493 e. The van der Waals surface area contributed by atoms with E-state index in [1.807, 2.05) is 12.1 Å². The van der Waals surface area contributed by atoms with E-state index in [1.54, 1.807) is 14.2 Å². The van der Waals surface area contributed by atoms with E-state index in [0.717, 1.165) is 35.8 Å². The number of hydrogen-bond acceptors (Lipinski definition) is 4. The highest BCUT2D eigenvalue weighted by molar-refractivity contribution is 5.60. The predicted molar refractivity (Wildman–Crippen MR) is 80.5 cm³/mol. The van der Waals surface area contributed by atoms with Crippen LogP contribution < -0.4 is 20.1 Å². The van der Waals surface area contributed by atoms with Gasteiger partial charge in [0.15, 0.2) is 11.5 Å². The van der Waals surface area contributed by atoms with Crippen LogP contribution >= 0.6 is 0 Å². The maximum absolute atomic E-state index is 5.31. The van der Waals surface area contributed by atoms with Crippen molar-refractivity contribution in [2.24, 2.45) is 0 Å². The molecule has 2 N–H and O–H groups in total. The van der Waals surface area contributed by atoms with Gasteiger partial charge in [-0.15, -0.1) is 0 Å². The number of anilines is 1. The van der Waals surface area contributed by atoms with Gasteiger partial charge in [0.2, 0.25) is 0 Å². The maximum atomic E-state index is 5.31. The Bertz CT molecular complexity index is 411. The van der Waals surface area contributed by atoms with Crippen molar-refractivity contribution in [2.45, 2.75) is 33.2 Å². The van der Waals surface area contributed by atoms with E-state index in [9.17, 15) is 0 Å². The van der Waals surface area contributed by atoms with E-state index in [1.165, 1.54) is 0 Å². The summed E-state index contributed by atoms with van der Waals surface area (Å²) < 4.78 is 10.6. The molecule has 4 heteroatoms. The van der Waals surface area contributed by atoms with Gasteiger partial charge in [-0.3, -0.25) is 0 Å². The van der Waals surface area contributed by atoms with E-state index in [2.05, 4.69) is 38.3 Å². The summed E-state index contributed by atoms with van der Waals surface area (Å²) in [6.45, 7) is 10.3. The lowest BCUT2D eigenvalue weighted by Crippen LogP contribution is -2.38. The van der Waals surface area contributed by atoms with E-state index in [0.29, 0.717) is 0 Å². The summed E-state index contributed by atoms with van der Waals surface area (Å²) in [6, 6.07) is 3.96. The fourth-order valence-corrected chi connectivity index (χ4v) is 1.81. The molecule has 0 heterocycles. The highest BCUT2D eigenvalue weighted by Crippen LogP contribution is 2.32. The lowest BCUT2D eigenvalue weighted by Gasteiger charge is -2.21. The van der Waals surface area contributed by atoms with Crippen LogP contribution in [0.15, 0.2) is 12.1 Å². The molecule has 0 fully saturated rings. The van der Waals surface area contributed by atoms with Crippen molar-refractivity contribution in [1.82, 2.24) is 5.32 Å². The Morgan fingerprint density at radius 1 is 1.00 bits per heavy atom. The van der Waals surface area contributed by atoms with Crippen LogP contribution in [0.1, 0.15) is 26.3 Å². The number of benzene rings is 1. The smallest absolute Gasteiger partial charge is 0.162 e. The standard InChI is InChI=1S/C15H26N2O2/c1-11-9-13(18-5)14(19-6)10-12(11)16-7-8-17-15(2,3)4/h9-10,16-17H,7-8H2,1-6H3. The molecule has 108 valence electrons. The molecule has 1 rings (SSSR count). The summed E-state index contributed by atoms with van der Waals surface area (Å²) in [5, 5.41) is 6.86. The number of ether oxygens (including phenoxy) is 2. The molecule has 1 aromatic rings. The van der Waals surface area contributed by atoms with Crippen molar-refractivity contribution in [3.05, 3.63) is 17.7 Å². The minimum atomic E-state index is 0.147. The average Bonchev–Trinajstić information content (AvgIpc) is 2.34. The first-order valence-electron chi connectivity index (χ1n) is 6.59. The van der Waals surface area contributed by atoms with E-state index in [-0.39, 0.29) is 5.54 Å². The van der Waals surface area contributed by atoms with Crippen molar-refractivity contribution in [3.63, 3.8) is 0 Å². The Morgan fingerprint density at radius 3 is 2.11 bits per heavy atom. The Labute approximate surface area is 116 Å². The molecule has 4 nitrogen and oxygen atoms in total. The molecule has 0 amide bonds. The number of methoxy groups -OCH3 is 2. The number of aryl methyl sites for hydroxylation is 1. The van der Waals surface area contributed by atoms with Gasteiger partial charge in [-0.25, -0.2) is 0 Å². The van der Waals surface area contributed by atoms with Crippen LogP contribution in [0.5, 0.6) is 11.5 Å². The molecule has 19 heavy (non-hydrogen) atoms. The fraction of sp³-hybridized carbons (Fsp3) is 0.600. The number of nitrogens with one attached hydrogen (secondary N) is 2. The Kier molecular flexibility index (Phi) is 5.48. The number of rotatable bonds is 6. The van der Waals surface area contributed by atoms with Crippen LogP contribution in [0, 0.1) is 6.92 Å². The van der Waals surface area contributed by atoms with Crippen molar-refractivity contribution in [1.29, 1.82) is 0 Å². The van der Waals surface area contributed by atoms with Crippen LogP contribution in [0.2, 0.25) is 0 Å². The first-order chi connectivity index (χ1) is 8.87. The largest absolute Gasteiger partial charge is 0.493 e. The monoisotopic (exact) mass is 266 g/mol. The summed E-state index contributed by atoms with van der Waals surface area (Å²) in [5.41, 5.74) is 2.37. The van der Waals surface area contributed by atoms with E-state index >= 15 is 0 Å². The van der Waals surface area contributed by atoms with Gasteiger partial charge in [-0.1, -0.05) is 0 Å². The van der Waals surface area contributed by atoms with Crippen LogP contribution in [-0.4, -0.2) is 32.8 Å². The summed E-state index contributed by atoms with van der Waals surface area (Å²) in [6.07, 6.45) is 0. The van der Waals surface area contributed by atoms with E-state index < -0.39 is 0 Å². The van der Waals surface area contributed by atoms with E-state index in [4.69, 9.17) is 9.47 Å². The second kappa shape index (κ2) is 6.66. The zero-order valence-electron chi connectivity index (χ0n) is 12.9. The maximum Gasteiger partial charge on any atom is 0.162 e. The molecular weight excluding hydrogens is 240 g/mol. The van der Waals surface area contributed by atoms with Crippen LogP contribution in [0.25, 0.3) is 0 Å². The third-order valence-electron chi connectivity index (χ3n) is 2.83. The summed E-state index contributed by atoms with van der Waals surface area (Å²) in [4.78, 5) is 0. The SMILES string of the molecule is COc1cc(C)c(NCCNC(C)(C)C)cc1OC. The van der Waals surface area contributed by atoms with Crippen LogP contribution in [-0.2, 0) is 0 Å². The lowest BCUT2D eigenvalue weighted by atomic mass is 10.1. The zero-order chi connectivity index (χ0) is 14.5. The lowest BCUT2D eigenvalue weighted by molar-refractivity contribution is 0.355. The molecule has 0 saturated carbocycles. The van der Waals surface area contributed by atoms with Gasteiger partial charge >= 0.3 is 0 Å². The van der Waals surface area contributed by atoms with Gasteiger partial charge < -0.3 is 20.1 Å². The Balaban J connectivity index is 2.63. The van der Waals surface area contributed by atoms with Crippen molar-refractivity contribution < 1.29 is 9.47 Å². The summed E-state index contributed by atoms with van der Waals surface area (Å²) in [5.74, 6) is 1.51. The molecule has 1 aromatic carbocycles. The molecule has 0 aliphatic rings. The average molecular weight is 266 g/mol. The van der Waals surface area contributed by atoms with Gasteiger partial charge in [-0.05, 0) is 39.3 Å². The minimum absolute atomic E-state index is 0.147. The Morgan fingerprint density at radius 2 is 1.58 bits per heavy atom. The molecule has 0 bridgehead atoms. The van der Waals surface area contributed by atoms with Gasteiger partial charge in [0.25, 0.3) is 0 Å². The molecular formula is C15H26N2O2. The third kappa shape index (κ3) is 4.99. The van der Waals surface area contributed by atoms with Crippen molar-refractivity contribution in [3.8, 4) is 11.5 Å². The van der Waals surface area contributed by atoms with Gasteiger partial charge in [0, 0.05) is 30.4 Å². The molecule has 0 radical (unpaired) electrons. The molecule has 0 aliphatic carbocycles. The van der Waals surface area contributed by atoms with Gasteiger partial charge in [-0.2, -0.15) is 0 Å². The Hall–Kier alpha value is -1.42. The predicted octanol–water partition coefficient (Wildman–Crippen LogP) is 2.81. The van der Waals surface area contributed by atoms with Gasteiger partial charge in [0.1, 0.15) is 0 Å². The summed E-state index contributed by atoms with van der Waals surface area (Å²) >= 11 is 0. The molecule has 0 aliphatic heterocycles. The fourth-order valence-electron chi connectivity index (χ4n) is 1.81. The second-order valence-electron chi connectivity index (χ2n) is 5.63. The highest BCUT2D eigenvalue weighted by atomic mass is 16.5. The highest BCUT2D eigenvalue weighted by Gasteiger charge is 2.09. The van der Waals surface area contributed by atoms with Crippen LogP contribution in [0.3, 0.4) is 0 Å². The second-order valence-corrected chi connectivity index (χ2v) is 5.63. The first-order valence-corrected chi connectivity index (χ1v) is 6.59. The van der Waals surface area contributed by atoms with Crippen molar-refractivity contribution >= 4 is 5.69 Å². The normalized spacial score (nSPS) is 11.3. The number of hydrogen-bond donors (Lipinski definition) is 2. The quantitative estimate of drug-likeness (QED) is 0.777. The zero-order valence-corrected chi connectivity index (χ0v) is 12.9. The molecule has 0 spiro atoms. The molecule has 0 atom stereocenters. The van der Waals surface area contributed by atoms with Crippen LogP contribution in [0.4, 0.5) is 5.69 Å². The third-order valence-corrected chi connectivity index (χ3v) is 2.83. The molecule has 0 aromatic heterocycles. The topological polar surface area (TPSA) is 42.5 Å². The molecule has 0 saturated heterocycles. The molecule has 0 unspecified atom stereocenters. The van der Waals surface area contributed by atoms with Gasteiger partial charge in [0.05, 0.1) is 14.2 Å². The first kappa shape index (κ1) is 15.6.